The fourth-order valence-electron chi connectivity index (χ4n) is 1.56. The first-order valence-electron chi connectivity index (χ1n) is 5.50. The Bertz CT molecular complexity index is 185. The van der Waals surface area contributed by atoms with Crippen LogP contribution < -0.4 is 5.32 Å². The van der Waals surface area contributed by atoms with Gasteiger partial charge in [0, 0.05) is 17.3 Å². The minimum Gasteiger partial charge on any atom is -0.481 e. The Morgan fingerprint density at radius 2 is 2.00 bits per heavy atom. The molecule has 0 saturated heterocycles. The number of carbonyl (C=O) groups is 1. The lowest BCUT2D eigenvalue weighted by atomic mass is 10.0. The SMILES string of the molecule is CCC(CC)(CNC(C)CC(=O)O)SC. The van der Waals surface area contributed by atoms with Crippen molar-refractivity contribution in [2.75, 3.05) is 12.8 Å². The Hall–Kier alpha value is -0.220. The first-order valence-corrected chi connectivity index (χ1v) is 6.72. The summed E-state index contributed by atoms with van der Waals surface area (Å²) < 4.78 is 0.257. The number of carboxylic acids is 1. The first kappa shape index (κ1) is 14.8. The molecule has 15 heavy (non-hydrogen) atoms. The van der Waals surface area contributed by atoms with Crippen LogP contribution in [-0.4, -0.2) is 34.7 Å². The smallest absolute Gasteiger partial charge is 0.304 e. The molecule has 1 atom stereocenters. The lowest BCUT2D eigenvalue weighted by Gasteiger charge is -2.31. The van der Waals surface area contributed by atoms with Gasteiger partial charge in [0.15, 0.2) is 0 Å². The molecule has 0 fully saturated rings. The third-order valence-electron chi connectivity index (χ3n) is 2.98. The van der Waals surface area contributed by atoms with E-state index in [-0.39, 0.29) is 17.2 Å². The molecule has 4 heteroatoms. The summed E-state index contributed by atoms with van der Waals surface area (Å²) in [6.45, 7) is 7.17. The van der Waals surface area contributed by atoms with E-state index >= 15 is 0 Å². The average molecular weight is 233 g/mol. The molecule has 0 aromatic heterocycles. The minimum atomic E-state index is -0.738. The van der Waals surface area contributed by atoms with Crippen LogP contribution in [0.5, 0.6) is 0 Å². The molecule has 0 aromatic rings. The summed E-state index contributed by atoms with van der Waals surface area (Å²) in [5.74, 6) is -0.738. The summed E-state index contributed by atoms with van der Waals surface area (Å²) >= 11 is 1.87. The van der Waals surface area contributed by atoms with Crippen molar-refractivity contribution in [3.63, 3.8) is 0 Å². The van der Waals surface area contributed by atoms with Crippen molar-refractivity contribution in [2.45, 2.75) is 50.8 Å². The van der Waals surface area contributed by atoms with Crippen LogP contribution >= 0.6 is 11.8 Å². The highest BCUT2D eigenvalue weighted by molar-refractivity contribution is 8.00. The quantitative estimate of drug-likeness (QED) is 0.676. The van der Waals surface area contributed by atoms with E-state index in [1.54, 1.807) is 0 Å². The molecule has 1 unspecified atom stereocenters. The normalized spacial score (nSPS) is 13.9. The van der Waals surface area contributed by atoms with Gasteiger partial charge in [0.2, 0.25) is 0 Å². The summed E-state index contributed by atoms with van der Waals surface area (Å²) in [7, 11) is 0. The predicted molar refractivity (Wildman–Crippen MR) is 66.5 cm³/mol. The summed E-state index contributed by atoms with van der Waals surface area (Å²) in [6.07, 6.45) is 4.53. The Morgan fingerprint density at radius 1 is 1.47 bits per heavy atom. The largest absolute Gasteiger partial charge is 0.481 e. The van der Waals surface area contributed by atoms with Crippen LogP contribution in [0.1, 0.15) is 40.0 Å². The summed E-state index contributed by atoms with van der Waals surface area (Å²) in [5, 5.41) is 11.9. The van der Waals surface area contributed by atoms with Gasteiger partial charge in [0.05, 0.1) is 6.42 Å². The predicted octanol–water partition coefficient (Wildman–Crippen LogP) is 2.36. The molecule has 0 saturated carbocycles. The van der Waals surface area contributed by atoms with Gasteiger partial charge in [-0.2, -0.15) is 11.8 Å². The molecule has 0 aliphatic heterocycles. The van der Waals surface area contributed by atoms with Crippen molar-refractivity contribution in [2.24, 2.45) is 0 Å². The van der Waals surface area contributed by atoms with E-state index in [4.69, 9.17) is 5.11 Å². The number of hydrogen-bond donors (Lipinski definition) is 2. The van der Waals surface area contributed by atoms with Gasteiger partial charge in [-0.3, -0.25) is 4.79 Å². The fourth-order valence-corrected chi connectivity index (χ4v) is 2.36. The van der Waals surface area contributed by atoms with Gasteiger partial charge < -0.3 is 10.4 Å². The van der Waals surface area contributed by atoms with Gasteiger partial charge >= 0.3 is 5.97 Å². The van der Waals surface area contributed by atoms with Gasteiger partial charge in [-0.15, -0.1) is 0 Å². The van der Waals surface area contributed by atoms with Crippen molar-refractivity contribution < 1.29 is 9.90 Å². The third-order valence-corrected chi connectivity index (χ3v) is 4.56. The van der Waals surface area contributed by atoms with Gasteiger partial charge in [-0.1, -0.05) is 13.8 Å². The van der Waals surface area contributed by atoms with Crippen LogP contribution in [-0.2, 0) is 4.79 Å². The highest BCUT2D eigenvalue weighted by Gasteiger charge is 2.25. The number of hydrogen-bond acceptors (Lipinski definition) is 3. The zero-order valence-corrected chi connectivity index (χ0v) is 11.0. The van der Waals surface area contributed by atoms with E-state index in [0.29, 0.717) is 0 Å². The van der Waals surface area contributed by atoms with E-state index in [1.165, 1.54) is 0 Å². The Kier molecular flexibility index (Phi) is 7.02. The van der Waals surface area contributed by atoms with Gasteiger partial charge in [-0.05, 0) is 26.0 Å². The molecule has 2 N–H and O–H groups in total. The molecule has 0 aliphatic carbocycles. The van der Waals surface area contributed by atoms with Gasteiger partial charge in [-0.25, -0.2) is 0 Å². The second-order valence-electron chi connectivity index (χ2n) is 3.97. The molecule has 90 valence electrons. The Balaban J connectivity index is 4.04. The zero-order valence-electron chi connectivity index (χ0n) is 10.2. The second-order valence-corrected chi connectivity index (χ2v) is 5.25. The maximum atomic E-state index is 10.5. The lowest BCUT2D eigenvalue weighted by molar-refractivity contribution is -0.137. The fraction of sp³-hybridized carbons (Fsp3) is 0.909. The summed E-state index contributed by atoms with van der Waals surface area (Å²) in [6, 6.07) is 0.0483. The lowest BCUT2D eigenvalue weighted by Crippen LogP contribution is -2.41. The minimum absolute atomic E-state index is 0.0483. The molecule has 0 aromatic carbocycles. The van der Waals surface area contributed by atoms with E-state index < -0.39 is 5.97 Å². The van der Waals surface area contributed by atoms with Gasteiger partial charge in [0.1, 0.15) is 0 Å². The molecular formula is C11H23NO2S. The highest BCUT2D eigenvalue weighted by Crippen LogP contribution is 2.29. The second kappa shape index (κ2) is 7.12. The molecule has 0 aliphatic rings. The van der Waals surface area contributed by atoms with E-state index in [1.807, 2.05) is 18.7 Å². The molecule has 0 bridgehead atoms. The highest BCUT2D eigenvalue weighted by atomic mass is 32.2. The van der Waals surface area contributed by atoms with Crippen molar-refractivity contribution in [1.29, 1.82) is 0 Å². The first-order chi connectivity index (χ1) is 6.99. The van der Waals surface area contributed by atoms with Crippen molar-refractivity contribution in [1.82, 2.24) is 5.32 Å². The molecule has 0 spiro atoms. The summed E-state index contributed by atoms with van der Waals surface area (Å²) in [5.41, 5.74) is 0. The molecule has 0 radical (unpaired) electrons. The standard InChI is InChI=1S/C11H23NO2S/c1-5-11(6-2,15-4)8-12-9(3)7-10(13)14/h9,12H,5-8H2,1-4H3,(H,13,14). The van der Waals surface area contributed by atoms with Gasteiger partial charge in [0.25, 0.3) is 0 Å². The molecule has 3 nitrogen and oxygen atoms in total. The molecule has 0 heterocycles. The van der Waals surface area contributed by atoms with Crippen LogP contribution in [0.4, 0.5) is 0 Å². The third kappa shape index (κ3) is 5.42. The van der Waals surface area contributed by atoms with Crippen LogP contribution in [0, 0.1) is 0 Å². The van der Waals surface area contributed by atoms with Crippen LogP contribution in [0.3, 0.4) is 0 Å². The maximum Gasteiger partial charge on any atom is 0.304 e. The molecule has 0 rings (SSSR count). The monoisotopic (exact) mass is 233 g/mol. The number of aliphatic carboxylic acids is 1. The Labute approximate surface area is 97.0 Å². The topological polar surface area (TPSA) is 49.3 Å². The number of rotatable bonds is 8. The van der Waals surface area contributed by atoms with E-state index in [0.717, 1.165) is 19.4 Å². The maximum absolute atomic E-state index is 10.5. The van der Waals surface area contributed by atoms with Crippen molar-refractivity contribution >= 4 is 17.7 Å². The number of thioether (sulfide) groups is 1. The molecular weight excluding hydrogens is 210 g/mol. The van der Waals surface area contributed by atoms with E-state index in [2.05, 4.69) is 25.4 Å². The molecule has 0 amide bonds. The van der Waals surface area contributed by atoms with Crippen LogP contribution in [0.15, 0.2) is 0 Å². The van der Waals surface area contributed by atoms with Crippen molar-refractivity contribution in [3.05, 3.63) is 0 Å². The van der Waals surface area contributed by atoms with Crippen LogP contribution in [0.25, 0.3) is 0 Å². The zero-order chi connectivity index (χ0) is 11.9. The van der Waals surface area contributed by atoms with Crippen molar-refractivity contribution in [3.8, 4) is 0 Å². The number of carboxylic acid groups (broad SMARTS) is 1. The Morgan fingerprint density at radius 3 is 2.33 bits per heavy atom. The number of nitrogens with one attached hydrogen (secondary N) is 1. The van der Waals surface area contributed by atoms with E-state index in [9.17, 15) is 4.79 Å². The summed E-state index contributed by atoms with van der Waals surface area (Å²) in [4.78, 5) is 10.5. The average Bonchev–Trinajstić information content (AvgIpc) is 2.20. The van der Waals surface area contributed by atoms with Crippen LogP contribution in [0.2, 0.25) is 0 Å².